The van der Waals surface area contributed by atoms with E-state index in [4.69, 9.17) is 11.6 Å². The van der Waals surface area contributed by atoms with Crippen LogP contribution < -0.4 is 10.6 Å². The molecular formula is C24H21ClN2O2. The standard InChI is InChI=1S/C24H21ClN2O2/c1-16-12-17(2)14-20(13-16)26-24(29)19-9-10-21(25)22(15-19)27-23(28)11-8-18-6-4-3-5-7-18/h3-15H,1-2H3,(H,26,29)(H,27,28). The Bertz CT molecular complexity index is 1060. The SMILES string of the molecule is Cc1cc(C)cc(NC(=O)c2ccc(Cl)c(NC(=O)C=Cc3ccccc3)c2)c1. The lowest BCUT2D eigenvalue weighted by molar-refractivity contribution is -0.111. The van der Waals surface area contributed by atoms with Crippen molar-refractivity contribution >= 4 is 40.9 Å². The molecule has 0 aliphatic heterocycles. The van der Waals surface area contributed by atoms with Gasteiger partial charge in [0.2, 0.25) is 5.91 Å². The molecule has 4 nitrogen and oxygen atoms in total. The molecule has 0 saturated carbocycles. The minimum absolute atomic E-state index is 0.276. The fraction of sp³-hybridized carbons (Fsp3) is 0.0833. The molecule has 0 aromatic heterocycles. The lowest BCUT2D eigenvalue weighted by atomic mass is 10.1. The zero-order valence-corrected chi connectivity index (χ0v) is 17.0. The zero-order chi connectivity index (χ0) is 20.8. The Morgan fingerprint density at radius 3 is 2.24 bits per heavy atom. The fourth-order valence-electron chi connectivity index (χ4n) is 2.92. The van der Waals surface area contributed by atoms with Crippen LogP contribution in [-0.2, 0) is 4.79 Å². The Hall–Kier alpha value is -3.37. The van der Waals surface area contributed by atoms with Crippen LogP contribution in [-0.4, -0.2) is 11.8 Å². The van der Waals surface area contributed by atoms with Crippen molar-refractivity contribution in [1.82, 2.24) is 0 Å². The summed E-state index contributed by atoms with van der Waals surface area (Å²) in [5, 5.41) is 5.95. The maximum Gasteiger partial charge on any atom is 0.255 e. The highest BCUT2D eigenvalue weighted by atomic mass is 35.5. The molecule has 0 aliphatic carbocycles. The van der Waals surface area contributed by atoms with Crippen molar-refractivity contribution in [3.8, 4) is 0 Å². The maximum atomic E-state index is 12.6. The Labute approximate surface area is 175 Å². The summed E-state index contributed by atoms with van der Waals surface area (Å²) in [6, 6.07) is 20.1. The van der Waals surface area contributed by atoms with Gasteiger partial charge in [-0.25, -0.2) is 0 Å². The molecular weight excluding hydrogens is 384 g/mol. The quantitative estimate of drug-likeness (QED) is 0.523. The normalized spacial score (nSPS) is 10.7. The first kappa shape index (κ1) is 20.4. The maximum absolute atomic E-state index is 12.6. The van der Waals surface area contributed by atoms with Crippen molar-refractivity contribution in [3.05, 3.63) is 100 Å². The number of nitrogens with one attached hydrogen (secondary N) is 2. The van der Waals surface area contributed by atoms with Crippen LogP contribution in [0.2, 0.25) is 5.02 Å². The molecule has 0 heterocycles. The fourth-order valence-corrected chi connectivity index (χ4v) is 3.09. The van der Waals surface area contributed by atoms with Crippen molar-refractivity contribution in [2.75, 3.05) is 10.6 Å². The van der Waals surface area contributed by atoms with E-state index < -0.39 is 0 Å². The first-order valence-electron chi connectivity index (χ1n) is 9.14. The van der Waals surface area contributed by atoms with Gasteiger partial charge in [-0.05, 0) is 66.9 Å². The lowest BCUT2D eigenvalue weighted by Crippen LogP contribution is -2.14. The number of anilines is 2. The van der Waals surface area contributed by atoms with Gasteiger partial charge in [0.15, 0.2) is 0 Å². The predicted octanol–water partition coefficient (Wildman–Crippen LogP) is 5.86. The molecule has 0 radical (unpaired) electrons. The van der Waals surface area contributed by atoms with Crippen LogP contribution in [0.5, 0.6) is 0 Å². The molecule has 3 rings (SSSR count). The molecule has 0 fully saturated rings. The second-order valence-corrected chi connectivity index (χ2v) is 7.17. The minimum Gasteiger partial charge on any atom is -0.322 e. The molecule has 0 unspecified atom stereocenters. The number of halogens is 1. The van der Waals surface area contributed by atoms with Crippen LogP contribution in [0, 0.1) is 13.8 Å². The van der Waals surface area contributed by atoms with Gasteiger partial charge in [0.25, 0.3) is 5.91 Å². The second-order valence-electron chi connectivity index (χ2n) is 6.76. The largest absolute Gasteiger partial charge is 0.322 e. The third kappa shape index (κ3) is 5.80. The minimum atomic E-state index is -0.331. The zero-order valence-electron chi connectivity index (χ0n) is 16.2. The van der Waals surface area contributed by atoms with Crippen molar-refractivity contribution in [2.24, 2.45) is 0 Å². The van der Waals surface area contributed by atoms with E-state index in [9.17, 15) is 9.59 Å². The number of hydrogen-bond donors (Lipinski definition) is 2. The van der Waals surface area contributed by atoms with Gasteiger partial charge >= 0.3 is 0 Å². The number of hydrogen-bond acceptors (Lipinski definition) is 2. The van der Waals surface area contributed by atoms with Crippen molar-refractivity contribution in [1.29, 1.82) is 0 Å². The van der Waals surface area contributed by atoms with Crippen molar-refractivity contribution in [2.45, 2.75) is 13.8 Å². The summed E-state index contributed by atoms with van der Waals surface area (Å²) in [6.07, 6.45) is 3.13. The Kier molecular flexibility index (Phi) is 6.47. The predicted molar refractivity (Wildman–Crippen MR) is 119 cm³/mol. The van der Waals surface area contributed by atoms with Crippen LogP contribution in [0.1, 0.15) is 27.0 Å². The van der Waals surface area contributed by atoms with Gasteiger partial charge in [0.1, 0.15) is 0 Å². The third-order valence-electron chi connectivity index (χ3n) is 4.19. The summed E-state index contributed by atoms with van der Waals surface area (Å²) in [5.74, 6) is -0.607. The van der Waals surface area contributed by atoms with E-state index in [0.29, 0.717) is 16.3 Å². The smallest absolute Gasteiger partial charge is 0.255 e. The van der Waals surface area contributed by atoms with Crippen LogP contribution in [0.25, 0.3) is 6.08 Å². The van der Waals surface area contributed by atoms with Gasteiger partial charge in [0.05, 0.1) is 10.7 Å². The number of rotatable bonds is 5. The molecule has 0 saturated heterocycles. The molecule has 0 atom stereocenters. The van der Waals surface area contributed by atoms with E-state index >= 15 is 0 Å². The van der Waals surface area contributed by atoms with Gasteiger partial charge in [-0.2, -0.15) is 0 Å². The summed E-state index contributed by atoms with van der Waals surface area (Å²) < 4.78 is 0. The highest BCUT2D eigenvalue weighted by Gasteiger charge is 2.11. The molecule has 2 amide bonds. The molecule has 146 valence electrons. The van der Waals surface area contributed by atoms with Gasteiger partial charge in [-0.3, -0.25) is 9.59 Å². The summed E-state index contributed by atoms with van der Waals surface area (Å²) in [6.45, 7) is 3.95. The lowest BCUT2D eigenvalue weighted by Gasteiger charge is -2.10. The summed E-state index contributed by atoms with van der Waals surface area (Å²) in [4.78, 5) is 24.8. The Morgan fingerprint density at radius 2 is 1.55 bits per heavy atom. The van der Waals surface area contributed by atoms with Gasteiger partial charge in [0, 0.05) is 17.3 Å². The van der Waals surface area contributed by atoms with E-state index in [-0.39, 0.29) is 11.8 Å². The van der Waals surface area contributed by atoms with Crippen molar-refractivity contribution < 1.29 is 9.59 Å². The molecule has 0 spiro atoms. The first-order chi connectivity index (χ1) is 13.9. The second kappa shape index (κ2) is 9.22. The summed E-state index contributed by atoms with van der Waals surface area (Å²) in [5.41, 5.74) is 4.54. The Morgan fingerprint density at radius 1 is 0.862 bits per heavy atom. The highest BCUT2D eigenvalue weighted by molar-refractivity contribution is 6.34. The number of carbonyl (C=O) groups is 2. The number of carbonyl (C=O) groups excluding carboxylic acids is 2. The van der Waals surface area contributed by atoms with Gasteiger partial charge < -0.3 is 10.6 Å². The topological polar surface area (TPSA) is 58.2 Å². The monoisotopic (exact) mass is 404 g/mol. The Balaban J connectivity index is 1.72. The van der Waals surface area contributed by atoms with E-state index in [1.165, 1.54) is 6.08 Å². The van der Waals surface area contributed by atoms with Crippen LogP contribution >= 0.6 is 11.6 Å². The molecule has 29 heavy (non-hydrogen) atoms. The molecule has 2 N–H and O–H groups in total. The number of amides is 2. The number of aryl methyl sites for hydroxylation is 2. The van der Waals surface area contributed by atoms with E-state index in [1.54, 1.807) is 24.3 Å². The first-order valence-corrected chi connectivity index (χ1v) is 9.52. The van der Waals surface area contributed by atoms with E-state index in [2.05, 4.69) is 10.6 Å². The average Bonchev–Trinajstić information content (AvgIpc) is 2.68. The average molecular weight is 405 g/mol. The van der Waals surface area contributed by atoms with E-state index in [0.717, 1.165) is 22.4 Å². The van der Waals surface area contributed by atoms with Crippen LogP contribution in [0.3, 0.4) is 0 Å². The highest BCUT2D eigenvalue weighted by Crippen LogP contribution is 2.24. The molecule has 5 heteroatoms. The van der Waals surface area contributed by atoms with E-state index in [1.807, 2.05) is 62.4 Å². The van der Waals surface area contributed by atoms with Gasteiger partial charge in [-0.15, -0.1) is 0 Å². The summed E-state index contributed by atoms with van der Waals surface area (Å²) in [7, 11) is 0. The number of benzene rings is 3. The molecule has 0 bridgehead atoms. The molecule has 3 aromatic rings. The van der Waals surface area contributed by atoms with Gasteiger partial charge in [-0.1, -0.05) is 48.0 Å². The van der Waals surface area contributed by atoms with Crippen molar-refractivity contribution in [3.63, 3.8) is 0 Å². The third-order valence-corrected chi connectivity index (χ3v) is 4.52. The summed E-state index contributed by atoms with van der Waals surface area (Å²) >= 11 is 6.19. The molecule has 0 aliphatic rings. The van der Waals surface area contributed by atoms with Crippen LogP contribution in [0.4, 0.5) is 11.4 Å². The molecule has 3 aromatic carbocycles. The van der Waals surface area contributed by atoms with Crippen LogP contribution in [0.15, 0.2) is 72.8 Å².